The maximum absolute atomic E-state index is 13.1. The van der Waals surface area contributed by atoms with E-state index in [1.807, 2.05) is 10.9 Å². The van der Waals surface area contributed by atoms with Crippen LogP contribution in [0.2, 0.25) is 0 Å². The summed E-state index contributed by atoms with van der Waals surface area (Å²) < 4.78 is 66.4. The van der Waals surface area contributed by atoms with Crippen LogP contribution < -0.4 is 16.6 Å². The molecular formula is C21H15N5O10S2. The van der Waals surface area contributed by atoms with Gasteiger partial charge in [-0.05, 0) is 29.8 Å². The molecule has 0 atom stereocenters. The Hall–Kier alpha value is -4.71. The van der Waals surface area contributed by atoms with E-state index in [0.29, 0.717) is 29.5 Å². The molecule has 3 aromatic rings. The molecular weight excluding hydrogens is 546 g/mol. The average molecular weight is 562 g/mol. The van der Waals surface area contributed by atoms with Crippen molar-refractivity contribution in [1.82, 2.24) is 15.9 Å². The van der Waals surface area contributed by atoms with Crippen molar-refractivity contribution in [3.05, 3.63) is 64.7 Å². The van der Waals surface area contributed by atoms with Crippen molar-refractivity contribution in [2.75, 3.05) is 5.73 Å². The van der Waals surface area contributed by atoms with Crippen LogP contribution in [0.5, 0.6) is 0 Å². The summed E-state index contributed by atoms with van der Waals surface area (Å²) in [5, 5.41) is 3.06. The Morgan fingerprint density at radius 3 is 2.18 bits per heavy atom. The number of hydrogen-bond acceptors (Lipinski definition) is 10. The molecule has 0 bridgehead atoms. The predicted molar refractivity (Wildman–Crippen MR) is 130 cm³/mol. The number of nitrogens with zero attached hydrogens (tertiary/aromatic N) is 2. The number of urea groups is 1. The van der Waals surface area contributed by atoms with Crippen molar-refractivity contribution in [2.24, 2.45) is 5.10 Å². The molecule has 1 aliphatic rings. The summed E-state index contributed by atoms with van der Waals surface area (Å²) in [5.41, 5.74) is 8.68. The fraction of sp³-hybridized carbons (Fsp3) is 0. The molecule has 0 radical (unpaired) electrons. The molecule has 0 aromatic heterocycles. The van der Waals surface area contributed by atoms with Crippen LogP contribution in [0.15, 0.2) is 57.4 Å². The molecule has 1 aliphatic heterocycles. The Bertz CT molecular complexity index is 1800. The molecule has 196 valence electrons. The van der Waals surface area contributed by atoms with Crippen LogP contribution in [-0.2, 0) is 20.2 Å². The number of nitrogens with one attached hydrogen (secondary N) is 2. The van der Waals surface area contributed by atoms with Gasteiger partial charge in [-0.15, -0.1) is 0 Å². The molecule has 0 spiro atoms. The normalized spacial score (nSPS) is 13.7. The third-order valence-electron chi connectivity index (χ3n) is 5.29. The third kappa shape index (κ3) is 4.81. The molecule has 0 saturated carbocycles. The minimum Gasteiger partial charge on any atom is -0.397 e. The molecule has 4 amide bonds. The Balaban J connectivity index is 1.74. The van der Waals surface area contributed by atoms with Crippen LogP contribution in [0.25, 0.3) is 10.8 Å². The lowest BCUT2D eigenvalue weighted by Crippen LogP contribution is -2.53. The molecule has 3 aromatic carbocycles. The topological polar surface area (TPSA) is 243 Å². The summed E-state index contributed by atoms with van der Waals surface area (Å²) in [6, 6.07) is 6.98. The van der Waals surface area contributed by atoms with Crippen molar-refractivity contribution in [2.45, 2.75) is 9.79 Å². The lowest BCUT2D eigenvalue weighted by atomic mass is 9.93. The first kappa shape index (κ1) is 26.4. The van der Waals surface area contributed by atoms with Crippen molar-refractivity contribution in [1.29, 1.82) is 0 Å². The molecule has 0 saturated heterocycles. The Kier molecular flexibility index (Phi) is 6.45. The predicted octanol–water partition coefficient (Wildman–Crippen LogP) is 0.572. The highest BCUT2D eigenvalue weighted by atomic mass is 32.2. The highest BCUT2D eigenvalue weighted by Crippen LogP contribution is 2.38. The summed E-state index contributed by atoms with van der Waals surface area (Å²) in [5.74, 6) is -2.51. The van der Waals surface area contributed by atoms with E-state index in [4.69, 9.17) is 5.73 Å². The first-order valence-corrected chi connectivity index (χ1v) is 13.0. The van der Waals surface area contributed by atoms with E-state index in [-0.39, 0.29) is 10.4 Å². The van der Waals surface area contributed by atoms with E-state index in [2.05, 4.69) is 5.10 Å². The molecule has 1 heterocycles. The second-order valence-corrected chi connectivity index (χ2v) is 10.5. The summed E-state index contributed by atoms with van der Waals surface area (Å²) in [6.45, 7) is 0. The van der Waals surface area contributed by atoms with Crippen LogP contribution in [0.1, 0.15) is 36.6 Å². The quantitative estimate of drug-likeness (QED) is 0.0695. The van der Waals surface area contributed by atoms with Gasteiger partial charge in [-0.2, -0.15) is 26.9 Å². The number of carbonyl (C=O) groups is 4. The number of nitrogens with two attached hydrogens (primary N) is 1. The van der Waals surface area contributed by atoms with Crippen LogP contribution in [-0.4, -0.2) is 61.3 Å². The van der Waals surface area contributed by atoms with Crippen LogP contribution >= 0.6 is 0 Å². The van der Waals surface area contributed by atoms with Crippen LogP contribution in [0.3, 0.4) is 0 Å². The SMILES string of the molecule is Nc1c(S(=O)(=O)O)cc2c3c(cc(S(=O)(=O)O)cc13)C(=O)N(NC(=O)NN=Cc1cccc(C=O)c1)C2=O. The van der Waals surface area contributed by atoms with E-state index < -0.39 is 70.1 Å². The van der Waals surface area contributed by atoms with Gasteiger partial charge < -0.3 is 5.73 Å². The number of hydrazone groups is 1. The van der Waals surface area contributed by atoms with Gasteiger partial charge in [0.05, 0.1) is 27.9 Å². The summed E-state index contributed by atoms with van der Waals surface area (Å²) >= 11 is 0. The third-order valence-corrected chi connectivity index (χ3v) is 7.02. The van der Waals surface area contributed by atoms with Gasteiger partial charge in [0.25, 0.3) is 32.1 Å². The van der Waals surface area contributed by atoms with Gasteiger partial charge in [0, 0.05) is 16.3 Å². The van der Waals surface area contributed by atoms with Crippen molar-refractivity contribution in [3.8, 4) is 0 Å². The molecule has 6 N–H and O–H groups in total. The summed E-state index contributed by atoms with van der Waals surface area (Å²) in [6.07, 6.45) is 1.75. The number of hydrazine groups is 1. The highest BCUT2D eigenvalue weighted by molar-refractivity contribution is 7.86. The zero-order valence-corrected chi connectivity index (χ0v) is 20.3. The number of hydrogen-bond donors (Lipinski definition) is 5. The smallest absolute Gasteiger partial charge is 0.354 e. The van der Waals surface area contributed by atoms with Gasteiger partial charge in [0.1, 0.15) is 11.2 Å². The van der Waals surface area contributed by atoms with Gasteiger partial charge >= 0.3 is 6.03 Å². The second-order valence-electron chi connectivity index (χ2n) is 7.72. The van der Waals surface area contributed by atoms with Gasteiger partial charge in [0.15, 0.2) is 0 Å². The van der Waals surface area contributed by atoms with E-state index in [9.17, 15) is 45.1 Å². The van der Waals surface area contributed by atoms with Crippen molar-refractivity contribution < 1.29 is 45.1 Å². The minimum absolute atomic E-state index is 0.146. The molecule has 0 aliphatic carbocycles. The molecule has 4 rings (SSSR count). The van der Waals surface area contributed by atoms with E-state index in [1.165, 1.54) is 12.1 Å². The summed E-state index contributed by atoms with van der Waals surface area (Å²) in [4.78, 5) is 47.5. The number of anilines is 1. The average Bonchev–Trinajstić information content (AvgIpc) is 2.84. The van der Waals surface area contributed by atoms with E-state index in [0.717, 1.165) is 12.3 Å². The number of rotatable bonds is 6. The van der Waals surface area contributed by atoms with Crippen molar-refractivity contribution >= 4 is 67.0 Å². The molecule has 0 unspecified atom stereocenters. The van der Waals surface area contributed by atoms with E-state index >= 15 is 0 Å². The number of benzene rings is 3. The van der Waals surface area contributed by atoms with Gasteiger partial charge in [-0.3, -0.25) is 23.5 Å². The zero-order chi connectivity index (χ0) is 28.0. The zero-order valence-electron chi connectivity index (χ0n) is 18.6. The lowest BCUT2D eigenvalue weighted by molar-refractivity contribution is 0.0541. The van der Waals surface area contributed by atoms with E-state index in [1.54, 1.807) is 12.1 Å². The summed E-state index contributed by atoms with van der Waals surface area (Å²) in [7, 11) is -10.0. The van der Waals surface area contributed by atoms with Gasteiger partial charge in [-0.1, -0.05) is 18.2 Å². The fourth-order valence-corrected chi connectivity index (χ4v) is 4.86. The minimum atomic E-state index is -5.05. The first-order chi connectivity index (χ1) is 17.7. The Morgan fingerprint density at radius 2 is 1.58 bits per heavy atom. The maximum Gasteiger partial charge on any atom is 0.354 e. The standard InChI is InChI=1S/C21H15N5O10S2/c22-18-13-5-12(37(31,32)33)6-14-17(13)15(7-16(18)38(34,35)36)20(29)26(19(14)28)25-21(30)24-23-8-10-2-1-3-11(4-10)9-27/h1-9H,22H2,(H2,24,25,30)(H,31,32,33)(H,34,35,36). The largest absolute Gasteiger partial charge is 0.397 e. The van der Waals surface area contributed by atoms with Gasteiger partial charge in [-0.25, -0.2) is 15.6 Å². The van der Waals surface area contributed by atoms with Gasteiger partial charge in [0.2, 0.25) is 0 Å². The number of aldehydes is 1. The Labute approximate surface area is 213 Å². The number of imide groups is 1. The number of amides is 4. The second kappa shape index (κ2) is 9.30. The van der Waals surface area contributed by atoms with Crippen LogP contribution in [0, 0.1) is 0 Å². The molecule has 15 nitrogen and oxygen atoms in total. The molecule has 0 fully saturated rings. The molecule has 17 heteroatoms. The maximum atomic E-state index is 13.1. The highest BCUT2D eigenvalue weighted by Gasteiger charge is 2.37. The number of nitrogen functional groups attached to an aromatic ring is 1. The number of carbonyl (C=O) groups excluding carboxylic acids is 4. The fourth-order valence-electron chi connectivity index (χ4n) is 3.67. The van der Waals surface area contributed by atoms with Crippen molar-refractivity contribution in [3.63, 3.8) is 0 Å². The molecule has 38 heavy (non-hydrogen) atoms. The lowest BCUT2D eigenvalue weighted by Gasteiger charge is -2.28. The monoisotopic (exact) mass is 561 g/mol. The first-order valence-electron chi connectivity index (χ1n) is 10.1. The Morgan fingerprint density at radius 1 is 0.947 bits per heavy atom. The van der Waals surface area contributed by atoms with Crippen LogP contribution in [0.4, 0.5) is 10.5 Å².